The van der Waals surface area contributed by atoms with Crippen molar-refractivity contribution in [1.29, 1.82) is 0 Å². The zero-order valence-electron chi connectivity index (χ0n) is 13.8. The summed E-state index contributed by atoms with van der Waals surface area (Å²) >= 11 is 1.82. The van der Waals surface area contributed by atoms with Gasteiger partial charge in [-0.2, -0.15) is 4.57 Å². The Kier molecular flexibility index (Phi) is 5.20. The van der Waals surface area contributed by atoms with Crippen molar-refractivity contribution in [2.45, 2.75) is 26.8 Å². The van der Waals surface area contributed by atoms with Gasteiger partial charge in [-0.25, -0.2) is 9.97 Å². The summed E-state index contributed by atoms with van der Waals surface area (Å²) in [5.74, 6) is 1.29. The third-order valence-corrected chi connectivity index (χ3v) is 5.42. The predicted molar refractivity (Wildman–Crippen MR) is 90.5 cm³/mol. The minimum Gasteiger partial charge on any atom is -0.383 e. The van der Waals surface area contributed by atoms with Crippen LogP contribution < -0.4 is 10.3 Å². The van der Waals surface area contributed by atoms with E-state index in [1.165, 1.54) is 10.6 Å². The van der Waals surface area contributed by atoms with Crippen molar-refractivity contribution in [2.24, 2.45) is 0 Å². The molecule has 3 heterocycles. The molecule has 0 aliphatic carbocycles. The average Bonchev–Trinajstić information content (AvgIpc) is 2.89. The van der Waals surface area contributed by atoms with Crippen molar-refractivity contribution in [3.63, 3.8) is 0 Å². The van der Waals surface area contributed by atoms with E-state index in [2.05, 4.69) is 31.9 Å². The lowest BCUT2D eigenvalue weighted by molar-refractivity contribution is -0.689. The Morgan fingerprint density at radius 2 is 2.13 bits per heavy atom. The van der Waals surface area contributed by atoms with E-state index in [0.29, 0.717) is 11.6 Å². The number of morpholine rings is 1. The maximum Gasteiger partial charge on any atom is 0.225 e. The number of thiazole rings is 1. The Hall–Kier alpha value is -1.57. The minimum atomic E-state index is 0.575. The molecule has 2 N–H and O–H groups in total. The normalized spacial score (nSPS) is 15.9. The smallest absolute Gasteiger partial charge is 0.225 e. The number of rotatable bonds is 5. The summed E-state index contributed by atoms with van der Waals surface area (Å²) in [6.45, 7) is 9.66. The zero-order valence-corrected chi connectivity index (χ0v) is 14.6. The molecule has 2 aromatic rings. The number of aryl methyl sites for hydroxylation is 1. The van der Waals surface area contributed by atoms with Crippen molar-refractivity contribution in [1.82, 2.24) is 14.9 Å². The third kappa shape index (κ3) is 4.04. The van der Waals surface area contributed by atoms with Gasteiger partial charge in [0.25, 0.3) is 0 Å². The molecule has 1 saturated heterocycles. The van der Waals surface area contributed by atoms with Crippen LogP contribution in [0.5, 0.6) is 0 Å². The van der Waals surface area contributed by atoms with E-state index >= 15 is 0 Å². The molecule has 1 fully saturated rings. The topological polar surface area (TPSA) is 68.2 Å². The van der Waals surface area contributed by atoms with Crippen LogP contribution in [-0.4, -0.2) is 47.7 Å². The van der Waals surface area contributed by atoms with E-state index < -0.39 is 0 Å². The highest BCUT2D eigenvalue weighted by molar-refractivity contribution is 7.09. The van der Waals surface area contributed by atoms with Gasteiger partial charge in [-0.15, -0.1) is 0 Å². The van der Waals surface area contributed by atoms with E-state index in [4.69, 9.17) is 10.5 Å². The van der Waals surface area contributed by atoms with Crippen LogP contribution in [0.25, 0.3) is 0 Å². The molecule has 124 valence electrons. The van der Waals surface area contributed by atoms with E-state index in [1.54, 1.807) is 0 Å². The Labute approximate surface area is 140 Å². The SMILES string of the molecule is Cc1ncc(C[n+]2csc(CCN3CCOCC3)c2C)c(N)n1. The number of anilines is 1. The molecule has 7 heteroatoms. The second-order valence-corrected chi connectivity index (χ2v) is 6.83. The molecule has 6 nitrogen and oxygen atoms in total. The summed E-state index contributed by atoms with van der Waals surface area (Å²) < 4.78 is 7.64. The second kappa shape index (κ2) is 7.33. The fraction of sp³-hybridized carbons (Fsp3) is 0.562. The third-order valence-electron chi connectivity index (χ3n) is 4.27. The van der Waals surface area contributed by atoms with E-state index in [0.717, 1.165) is 51.4 Å². The number of hydrogen-bond donors (Lipinski definition) is 1. The number of nitrogen functional groups attached to an aromatic ring is 1. The lowest BCUT2D eigenvalue weighted by Gasteiger charge is -2.26. The molecule has 0 bridgehead atoms. The minimum absolute atomic E-state index is 0.575. The van der Waals surface area contributed by atoms with Crippen molar-refractivity contribution in [3.05, 3.63) is 33.7 Å². The lowest BCUT2D eigenvalue weighted by Crippen LogP contribution is -2.38. The summed E-state index contributed by atoms with van der Waals surface area (Å²) in [6, 6.07) is 0. The average molecular weight is 334 g/mol. The zero-order chi connectivity index (χ0) is 16.2. The molecular weight excluding hydrogens is 310 g/mol. The number of nitrogens with zero attached hydrogens (tertiary/aromatic N) is 4. The standard InChI is InChI=1S/C16H24N5OS/c1-12-15(3-4-20-5-7-22-8-6-20)23-11-21(12)10-14-9-18-13(2)19-16(14)17/h9,11H,3-8,10H2,1-2H3,(H2,17,18,19)/q+1. The van der Waals surface area contributed by atoms with Crippen molar-refractivity contribution >= 4 is 17.2 Å². The first kappa shape index (κ1) is 16.3. The molecule has 0 aromatic carbocycles. The van der Waals surface area contributed by atoms with Gasteiger partial charge >= 0.3 is 0 Å². The van der Waals surface area contributed by atoms with Gasteiger partial charge in [-0.05, 0) is 6.92 Å². The summed E-state index contributed by atoms with van der Waals surface area (Å²) in [5, 5.41) is 0. The van der Waals surface area contributed by atoms with Gasteiger partial charge < -0.3 is 10.5 Å². The summed E-state index contributed by atoms with van der Waals surface area (Å²) in [7, 11) is 0. The Morgan fingerprint density at radius 3 is 2.87 bits per heavy atom. The van der Waals surface area contributed by atoms with E-state index in [-0.39, 0.29) is 0 Å². The van der Waals surface area contributed by atoms with Crippen LogP contribution in [0.4, 0.5) is 5.82 Å². The van der Waals surface area contributed by atoms with E-state index in [1.807, 2.05) is 24.5 Å². The molecule has 23 heavy (non-hydrogen) atoms. The molecule has 1 aliphatic heterocycles. The van der Waals surface area contributed by atoms with E-state index in [9.17, 15) is 0 Å². The maximum absolute atomic E-state index is 6.00. The van der Waals surface area contributed by atoms with Crippen LogP contribution in [0.15, 0.2) is 11.7 Å². The molecule has 0 spiro atoms. The molecule has 0 radical (unpaired) electrons. The molecular formula is C16H24N5OS+. The van der Waals surface area contributed by atoms with Gasteiger partial charge in [-0.3, -0.25) is 4.90 Å². The van der Waals surface area contributed by atoms with Gasteiger partial charge in [0.1, 0.15) is 11.6 Å². The number of nitrogens with two attached hydrogens (primary N) is 1. The Balaban J connectivity index is 1.64. The largest absolute Gasteiger partial charge is 0.383 e. The number of hydrogen-bond acceptors (Lipinski definition) is 6. The molecule has 0 amide bonds. The highest BCUT2D eigenvalue weighted by Crippen LogP contribution is 2.15. The summed E-state index contributed by atoms with van der Waals surface area (Å²) in [6.07, 6.45) is 2.92. The molecule has 1 aliphatic rings. The van der Waals surface area contributed by atoms with Gasteiger partial charge in [0.05, 0.1) is 23.7 Å². The van der Waals surface area contributed by atoms with Crippen molar-refractivity contribution in [3.8, 4) is 0 Å². The van der Waals surface area contributed by atoms with Crippen LogP contribution in [0, 0.1) is 13.8 Å². The van der Waals surface area contributed by atoms with Gasteiger partial charge in [0.2, 0.25) is 5.51 Å². The first-order valence-electron chi connectivity index (χ1n) is 7.98. The monoisotopic (exact) mass is 334 g/mol. The lowest BCUT2D eigenvalue weighted by atomic mass is 10.2. The van der Waals surface area contributed by atoms with Gasteiger partial charge in [-0.1, -0.05) is 11.3 Å². The second-order valence-electron chi connectivity index (χ2n) is 5.89. The highest BCUT2D eigenvalue weighted by Gasteiger charge is 2.19. The number of aromatic nitrogens is 3. The summed E-state index contributed by atoms with van der Waals surface area (Å²) in [4.78, 5) is 12.4. The molecule has 0 atom stereocenters. The number of ether oxygens (including phenoxy) is 1. The van der Waals surface area contributed by atoms with Gasteiger partial charge in [0, 0.05) is 39.2 Å². The van der Waals surface area contributed by atoms with Gasteiger partial charge in [0.15, 0.2) is 12.2 Å². The van der Waals surface area contributed by atoms with Crippen LogP contribution >= 0.6 is 11.3 Å². The first-order chi connectivity index (χ1) is 11.1. The Bertz CT molecular complexity index is 666. The molecule has 3 rings (SSSR count). The predicted octanol–water partition coefficient (Wildman–Crippen LogP) is 0.948. The Morgan fingerprint density at radius 1 is 1.35 bits per heavy atom. The quantitative estimate of drug-likeness (QED) is 0.825. The molecule has 0 unspecified atom stereocenters. The van der Waals surface area contributed by atoms with Crippen LogP contribution in [0.1, 0.15) is 22.0 Å². The molecule has 2 aromatic heterocycles. The van der Waals surface area contributed by atoms with Crippen molar-refractivity contribution < 1.29 is 9.30 Å². The first-order valence-corrected chi connectivity index (χ1v) is 8.86. The fourth-order valence-corrected chi connectivity index (χ4v) is 3.73. The summed E-state index contributed by atoms with van der Waals surface area (Å²) in [5.41, 5.74) is 10.5. The molecule has 0 saturated carbocycles. The fourth-order valence-electron chi connectivity index (χ4n) is 2.75. The van der Waals surface area contributed by atoms with Crippen LogP contribution in [0.2, 0.25) is 0 Å². The van der Waals surface area contributed by atoms with Crippen LogP contribution in [0.3, 0.4) is 0 Å². The van der Waals surface area contributed by atoms with Crippen LogP contribution in [-0.2, 0) is 17.7 Å². The van der Waals surface area contributed by atoms with Crippen molar-refractivity contribution in [2.75, 3.05) is 38.6 Å². The highest BCUT2D eigenvalue weighted by atomic mass is 32.1. The maximum atomic E-state index is 6.00.